The zero-order chi connectivity index (χ0) is 16.7. The van der Waals surface area contributed by atoms with E-state index in [1.54, 1.807) is 7.11 Å². The van der Waals surface area contributed by atoms with Crippen molar-refractivity contribution in [3.8, 4) is 17.0 Å². The van der Waals surface area contributed by atoms with E-state index in [4.69, 9.17) is 9.72 Å². The van der Waals surface area contributed by atoms with Crippen LogP contribution in [0.2, 0.25) is 0 Å². The van der Waals surface area contributed by atoms with Crippen molar-refractivity contribution in [1.82, 2.24) is 4.98 Å². The fraction of sp³-hybridized carbons (Fsp3) is 0.136. The third kappa shape index (κ3) is 3.06. The van der Waals surface area contributed by atoms with Crippen LogP contribution in [-0.2, 0) is 20.1 Å². The maximum absolute atomic E-state index is 5.53. The molecule has 0 N–H and O–H groups in total. The van der Waals surface area contributed by atoms with Gasteiger partial charge in [-0.2, -0.15) is 0 Å². The Labute approximate surface area is 161 Å². The Bertz CT molecular complexity index is 1070. The number of ether oxygens (including phenoxy) is 1. The Balaban J connectivity index is 0.00000182. The zero-order valence-corrected chi connectivity index (χ0v) is 16.8. The Hall–Kier alpha value is -2.22. The molecule has 1 heterocycles. The molecule has 25 heavy (non-hydrogen) atoms. The van der Waals surface area contributed by atoms with Gasteiger partial charge in [-0.1, -0.05) is 41.8 Å². The van der Waals surface area contributed by atoms with Gasteiger partial charge < -0.3 is 4.74 Å². The number of rotatable bonds is 2. The smallest absolute Gasteiger partial charge is 0.144 e. The molecule has 0 aliphatic rings. The number of pyridine rings is 1. The van der Waals surface area contributed by atoms with E-state index in [0.717, 1.165) is 22.5 Å². The number of hydrogen-bond acceptors (Lipinski definition) is 2. The van der Waals surface area contributed by atoms with Crippen LogP contribution in [0.25, 0.3) is 32.9 Å². The summed E-state index contributed by atoms with van der Waals surface area (Å²) in [5.41, 5.74) is 5.25. The van der Waals surface area contributed by atoms with Crippen molar-refractivity contribution in [1.29, 1.82) is 0 Å². The first-order valence-corrected chi connectivity index (χ1v) is 8.03. The summed E-state index contributed by atoms with van der Waals surface area (Å²) in [6, 6.07) is 22.1. The molecule has 4 aromatic rings. The van der Waals surface area contributed by atoms with Gasteiger partial charge in [-0.3, -0.25) is 4.98 Å². The quantitative estimate of drug-likeness (QED) is 0.338. The topological polar surface area (TPSA) is 22.1 Å². The normalized spacial score (nSPS) is 10.7. The maximum Gasteiger partial charge on any atom is 0.144 e. The van der Waals surface area contributed by atoms with Crippen molar-refractivity contribution >= 4 is 21.7 Å². The van der Waals surface area contributed by atoms with Crippen molar-refractivity contribution in [2.75, 3.05) is 7.11 Å². The summed E-state index contributed by atoms with van der Waals surface area (Å²) in [5.74, 6) is 0.807. The summed E-state index contributed by atoms with van der Waals surface area (Å²) in [7, 11) is 1.69. The minimum absolute atomic E-state index is 0. The number of hydrogen-bond donors (Lipinski definition) is 0. The fourth-order valence-electron chi connectivity index (χ4n) is 3.29. The van der Waals surface area contributed by atoms with Crippen LogP contribution < -0.4 is 4.74 Å². The van der Waals surface area contributed by atoms with Gasteiger partial charge >= 0.3 is 0 Å². The molecule has 3 heteroatoms. The van der Waals surface area contributed by atoms with Crippen LogP contribution in [-0.4, -0.2) is 12.1 Å². The first-order valence-electron chi connectivity index (χ1n) is 8.03. The largest absolute Gasteiger partial charge is 0.495 e. The van der Waals surface area contributed by atoms with Gasteiger partial charge in [0.25, 0.3) is 0 Å². The monoisotopic (exact) mass is 505 g/mol. The molecule has 0 amide bonds. The molecule has 4 rings (SSSR count). The fourth-order valence-corrected chi connectivity index (χ4v) is 3.29. The Morgan fingerprint density at radius 1 is 0.920 bits per heavy atom. The molecule has 0 saturated heterocycles. The summed E-state index contributed by atoms with van der Waals surface area (Å²) in [4.78, 5) is 4.89. The Morgan fingerprint density at radius 3 is 2.44 bits per heavy atom. The molecule has 1 radical (unpaired) electrons. The summed E-state index contributed by atoms with van der Waals surface area (Å²) in [6.07, 6.45) is 0. The van der Waals surface area contributed by atoms with Gasteiger partial charge in [-0.25, -0.2) is 0 Å². The molecule has 0 spiro atoms. The third-order valence-corrected chi connectivity index (χ3v) is 4.50. The second-order valence-electron chi connectivity index (χ2n) is 6.11. The number of aromatic nitrogens is 1. The Kier molecular flexibility index (Phi) is 4.89. The number of benzene rings is 3. The van der Waals surface area contributed by atoms with E-state index in [1.807, 2.05) is 18.2 Å². The van der Waals surface area contributed by atoms with Gasteiger partial charge in [0.1, 0.15) is 11.3 Å². The molecule has 3 aromatic carbocycles. The first kappa shape index (κ1) is 17.6. The number of aryl methyl sites for hydroxylation is 2. The van der Waals surface area contributed by atoms with E-state index in [1.165, 1.54) is 27.3 Å². The molecular formula is C22H18IrNO-. The molecule has 1 aromatic heterocycles. The molecule has 0 aliphatic heterocycles. The van der Waals surface area contributed by atoms with Crippen LogP contribution >= 0.6 is 0 Å². The predicted octanol–water partition coefficient (Wildman–Crippen LogP) is 5.48. The van der Waals surface area contributed by atoms with Gasteiger partial charge in [-0.15, -0.1) is 29.1 Å². The van der Waals surface area contributed by atoms with Gasteiger partial charge in [-0.05, 0) is 36.7 Å². The predicted molar refractivity (Wildman–Crippen MR) is 99.5 cm³/mol. The summed E-state index contributed by atoms with van der Waals surface area (Å²) in [6.45, 7) is 4.24. The summed E-state index contributed by atoms with van der Waals surface area (Å²) < 4.78 is 5.53. The molecular weight excluding hydrogens is 486 g/mol. The molecule has 0 atom stereocenters. The first-order chi connectivity index (χ1) is 11.7. The standard InChI is InChI=1S/C22H18NO.Ir/c1-14-8-11-20(24-3)22-21(14)15(2)12-19(23-22)18-10-9-16-6-4-5-7-17(16)13-18;/h4-9,11-13H,1-3H3;/q-1;. The third-order valence-electron chi connectivity index (χ3n) is 4.50. The maximum atomic E-state index is 5.53. The molecule has 0 unspecified atom stereocenters. The summed E-state index contributed by atoms with van der Waals surface area (Å²) in [5, 5.41) is 3.55. The molecule has 127 valence electrons. The van der Waals surface area contributed by atoms with E-state index in [0.29, 0.717) is 0 Å². The molecule has 0 bridgehead atoms. The van der Waals surface area contributed by atoms with Gasteiger partial charge in [0.05, 0.1) is 7.11 Å². The van der Waals surface area contributed by atoms with Crippen LogP contribution in [0.3, 0.4) is 0 Å². The van der Waals surface area contributed by atoms with E-state index >= 15 is 0 Å². The van der Waals surface area contributed by atoms with Crippen LogP contribution in [0.4, 0.5) is 0 Å². The zero-order valence-electron chi connectivity index (χ0n) is 14.4. The van der Waals surface area contributed by atoms with E-state index in [2.05, 4.69) is 56.3 Å². The molecule has 2 nitrogen and oxygen atoms in total. The van der Waals surface area contributed by atoms with Gasteiger partial charge in [0, 0.05) is 25.5 Å². The minimum Gasteiger partial charge on any atom is -0.495 e. The van der Waals surface area contributed by atoms with E-state index in [9.17, 15) is 0 Å². The average molecular weight is 505 g/mol. The molecule has 0 fully saturated rings. The van der Waals surface area contributed by atoms with Crippen molar-refractivity contribution in [3.63, 3.8) is 0 Å². The second kappa shape index (κ2) is 6.95. The number of fused-ring (bicyclic) bond motifs is 2. The van der Waals surface area contributed by atoms with Gasteiger partial charge in [0.2, 0.25) is 0 Å². The minimum atomic E-state index is 0. The molecule has 0 aliphatic carbocycles. The van der Waals surface area contributed by atoms with Crippen LogP contribution in [0.5, 0.6) is 5.75 Å². The van der Waals surface area contributed by atoms with E-state index in [-0.39, 0.29) is 20.1 Å². The van der Waals surface area contributed by atoms with E-state index < -0.39 is 0 Å². The van der Waals surface area contributed by atoms with Crippen molar-refractivity contribution in [3.05, 3.63) is 71.8 Å². The molecule has 0 saturated carbocycles. The van der Waals surface area contributed by atoms with Crippen LogP contribution in [0, 0.1) is 19.9 Å². The second-order valence-corrected chi connectivity index (χ2v) is 6.11. The van der Waals surface area contributed by atoms with Crippen molar-refractivity contribution in [2.24, 2.45) is 0 Å². The summed E-state index contributed by atoms with van der Waals surface area (Å²) >= 11 is 0. The van der Waals surface area contributed by atoms with Gasteiger partial charge in [0.15, 0.2) is 0 Å². The van der Waals surface area contributed by atoms with Crippen molar-refractivity contribution < 1.29 is 24.8 Å². The number of methoxy groups -OCH3 is 1. The van der Waals surface area contributed by atoms with Crippen LogP contribution in [0.1, 0.15) is 11.1 Å². The van der Waals surface area contributed by atoms with Crippen molar-refractivity contribution in [2.45, 2.75) is 13.8 Å². The Morgan fingerprint density at radius 2 is 1.68 bits per heavy atom. The average Bonchev–Trinajstić information content (AvgIpc) is 2.61. The SMILES string of the molecule is COc1ccc(C)c2c(C)cc(-c3[c-]cc4ccccc4c3)nc12.[Ir]. The van der Waals surface area contributed by atoms with Crippen LogP contribution in [0.15, 0.2) is 54.6 Å². The number of nitrogens with zero attached hydrogens (tertiary/aromatic N) is 1.